The van der Waals surface area contributed by atoms with Crippen molar-refractivity contribution in [3.8, 4) is 27.8 Å². The minimum Gasteiger partial charge on any atom is -0.507 e. The lowest BCUT2D eigenvalue weighted by Crippen LogP contribution is -2.02. The number of methoxy groups -OCH3 is 1. The summed E-state index contributed by atoms with van der Waals surface area (Å²) in [6, 6.07) is 9.77. The third kappa shape index (κ3) is 2.53. The van der Waals surface area contributed by atoms with E-state index < -0.39 is 6.16 Å². The van der Waals surface area contributed by atoms with E-state index >= 15 is 0 Å². The van der Waals surface area contributed by atoms with Crippen LogP contribution >= 0.6 is 11.3 Å². The monoisotopic (exact) mass is 317 g/mol. The summed E-state index contributed by atoms with van der Waals surface area (Å²) in [4.78, 5) is 15.0. The van der Waals surface area contributed by atoms with Gasteiger partial charge in [-0.05, 0) is 24.3 Å². The Labute approximate surface area is 129 Å². The van der Waals surface area contributed by atoms with Crippen LogP contribution in [-0.2, 0) is 0 Å². The number of benzene rings is 2. The van der Waals surface area contributed by atoms with Gasteiger partial charge in [-0.1, -0.05) is 6.07 Å². The molecule has 22 heavy (non-hydrogen) atoms. The standard InChI is InChI=1S/C15H11NO5S/c1-20-11-4-2-3-10(17)13(11)14-16-9-6-5-8(21-15(18)19)7-12(9)22-14/h2-7,17H,1H3,(H,18,19). The van der Waals surface area contributed by atoms with Crippen LogP contribution in [0.4, 0.5) is 4.79 Å². The van der Waals surface area contributed by atoms with Crippen LogP contribution in [0.1, 0.15) is 0 Å². The number of fused-ring (bicyclic) bond motifs is 1. The summed E-state index contributed by atoms with van der Waals surface area (Å²) in [7, 11) is 1.52. The molecule has 3 rings (SSSR count). The van der Waals surface area contributed by atoms with E-state index in [0.29, 0.717) is 21.8 Å². The second-order valence-electron chi connectivity index (χ2n) is 4.37. The summed E-state index contributed by atoms with van der Waals surface area (Å²) in [5.74, 6) is 0.806. The molecular formula is C15H11NO5S. The number of phenolic OH excluding ortho intramolecular Hbond substituents is 1. The van der Waals surface area contributed by atoms with Gasteiger partial charge in [0, 0.05) is 6.07 Å². The average molecular weight is 317 g/mol. The third-order valence-electron chi connectivity index (χ3n) is 3.00. The molecule has 0 aliphatic heterocycles. The zero-order chi connectivity index (χ0) is 15.7. The molecule has 0 radical (unpaired) electrons. The maximum atomic E-state index is 10.6. The molecule has 0 saturated carbocycles. The smallest absolute Gasteiger partial charge is 0.507 e. The molecule has 0 aliphatic rings. The highest BCUT2D eigenvalue weighted by Gasteiger charge is 2.16. The fourth-order valence-corrected chi connectivity index (χ4v) is 3.13. The molecular weight excluding hydrogens is 306 g/mol. The van der Waals surface area contributed by atoms with Crippen LogP contribution in [0, 0.1) is 0 Å². The minimum atomic E-state index is -1.37. The first-order valence-electron chi connectivity index (χ1n) is 6.26. The van der Waals surface area contributed by atoms with Crippen molar-refractivity contribution in [1.29, 1.82) is 0 Å². The van der Waals surface area contributed by atoms with Gasteiger partial charge in [0.2, 0.25) is 0 Å². The molecule has 0 unspecified atom stereocenters. The number of phenols is 1. The van der Waals surface area contributed by atoms with Crippen LogP contribution in [0.5, 0.6) is 17.2 Å². The van der Waals surface area contributed by atoms with Gasteiger partial charge in [0.15, 0.2) is 0 Å². The highest BCUT2D eigenvalue weighted by atomic mass is 32.1. The number of ether oxygens (including phenoxy) is 2. The summed E-state index contributed by atoms with van der Waals surface area (Å²) in [6.45, 7) is 0. The Kier molecular flexibility index (Phi) is 3.56. The Morgan fingerprint density at radius 3 is 2.82 bits per heavy atom. The fourth-order valence-electron chi connectivity index (χ4n) is 2.08. The third-order valence-corrected chi connectivity index (χ3v) is 4.04. The number of aromatic hydroxyl groups is 1. The Morgan fingerprint density at radius 1 is 1.27 bits per heavy atom. The molecule has 7 heteroatoms. The minimum absolute atomic E-state index is 0.0698. The van der Waals surface area contributed by atoms with Crippen LogP contribution in [0.2, 0.25) is 0 Å². The lowest BCUT2D eigenvalue weighted by atomic mass is 10.2. The van der Waals surface area contributed by atoms with Gasteiger partial charge in [-0.2, -0.15) is 0 Å². The summed E-state index contributed by atoms with van der Waals surface area (Å²) >= 11 is 1.31. The predicted octanol–water partition coefficient (Wildman–Crippen LogP) is 3.73. The van der Waals surface area contributed by atoms with Gasteiger partial charge in [-0.3, -0.25) is 0 Å². The zero-order valence-electron chi connectivity index (χ0n) is 11.4. The fraction of sp³-hybridized carbons (Fsp3) is 0.0667. The molecule has 0 fully saturated rings. The number of hydrogen-bond donors (Lipinski definition) is 2. The Morgan fingerprint density at radius 2 is 2.09 bits per heavy atom. The molecule has 0 aliphatic carbocycles. The quantitative estimate of drug-likeness (QED) is 0.565. The number of nitrogens with zero attached hydrogens (tertiary/aromatic N) is 1. The second kappa shape index (κ2) is 5.53. The number of carbonyl (C=O) groups is 1. The van der Waals surface area contributed by atoms with Gasteiger partial charge in [-0.25, -0.2) is 9.78 Å². The van der Waals surface area contributed by atoms with E-state index in [2.05, 4.69) is 9.72 Å². The van der Waals surface area contributed by atoms with Crippen molar-refractivity contribution in [1.82, 2.24) is 4.98 Å². The summed E-state index contributed by atoms with van der Waals surface area (Å²) < 4.78 is 10.6. The van der Waals surface area contributed by atoms with Crippen LogP contribution < -0.4 is 9.47 Å². The predicted molar refractivity (Wildman–Crippen MR) is 81.9 cm³/mol. The van der Waals surface area contributed by atoms with Crippen molar-refractivity contribution in [2.45, 2.75) is 0 Å². The van der Waals surface area contributed by atoms with Crippen molar-refractivity contribution in [3.63, 3.8) is 0 Å². The first kappa shape index (κ1) is 14.2. The molecule has 0 atom stereocenters. The Balaban J connectivity index is 2.11. The first-order chi connectivity index (χ1) is 10.6. The second-order valence-corrected chi connectivity index (χ2v) is 5.40. The Hall–Kier alpha value is -2.80. The van der Waals surface area contributed by atoms with E-state index in [-0.39, 0.29) is 11.5 Å². The van der Waals surface area contributed by atoms with Gasteiger partial charge in [-0.15, -0.1) is 11.3 Å². The SMILES string of the molecule is COc1cccc(O)c1-c1nc2ccc(OC(=O)O)cc2s1. The van der Waals surface area contributed by atoms with Crippen molar-refractivity contribution < 1.29 is 24.5 Å². The maximum absolute atomic E-state index is 10.6. The van der Waals surface area contributed by atoms with Gasteiger partial charge in [0.1, 0.15) is 22.3 Å². The van der Waals surface area contributed by atoms with Crippen LogP contribution in [0.3, 0.4) is 0 Å². The van der Waals surface area contributed by atoms with Crippen molar-refractivity contribution in [2.24, 2.45) is 0 Å². The van der Waals surface area contributed by atoms with E-state index in [1.807, 2.05) is 0 Å². The van der Waals surface area contributed by atoms with Crippen molar-refractivity contribution in [2.75, 3.05) is 7.11 Å². The molecule has 3 aromatic rings. The number of aromatic nitrogens is 1. The largest absolute Gasteiger partial charge is 0.511 e. The topological polar surface area (TPSA) is 88.9 Å². The average Bonchev–Trinajstić information content (AvgIpc) is 2.88. The van der Waals surface area contributed by atoms with Gasteiger partial charge in [0.25, 0.3) is 0 Å². The van der Waals surface area contributed by atoms with Crippen LogP contribution in [0.15, 0.2) is 36.4 Å². The zero-order valence-corrected chi connectivity index (χ0v) is 12.3. The highest BCUT2D eigenvalue weighted by Crippen LogP contribution is 2.41. The molecule has 0 amide bonds. The lowest BCUT2D eigenvalue weighted by molar-refractivity contribution is 0.144. The van der Waals surface area contributed by atoms with E-state index in [0.717, 1.165) is 4.70 Å². The maximum Gasteiger partial charge on any atom is 0.511 e. The van der Waals surface area contributed by atoms with Crippen LogP contribution in [0.25, 0.3) is 20.8 Å². The van der Waals surface area contributed by atoms with E-state index in [9.17, 15) is 9.90 Å². The molecule has 6 nitrogen and oxygen atoms in total. The molecule has 0 saturated heterocycles. The molecule has 1 aromatic heterocycles. The summed E-state index contributed by atoms with van der Waals surface area (Å²) in [6.07, 6.45) is -1.37. The summed E-state index contributed by atoms with van der Waals surface area (Å²) in [5, 5.41) is 19.3. The van der Waals surface area contributed by atoms with E-state index in [1.165, 1.54) is 24.5 Å². The number of thiazole rings is 1. The number of rotatable bonds is 3. The molecule has 1 heterocycles. The van der Waals surface area contributed by atoms with Gasteiger partial charge in [0.05, 0.1) is 22.9 Å². The van der Waals surface area contributed by atoms with Gasteiger partial charge < -0.3 is 19.7 Å². The van der Waals surface area contributed by atoms with Crippen LogP contribution in [-0.4, -0.2) is 28.5 Å². The number of hydrogen-bond acceptors (Lipinski definition) is 6. The molecule has 2 aromatic carbocycles. The first-order valence-corrected chi connectivity index (χ1v) is 7.08. The summed E-state index contributed by atoms with van der Waals surface area (Å²) in [5.41, 5.74) is 1.19. The molecule has 0 bridgehead atoms. The van der Waals surface area contributed by atoms with Gasteiger partial charge >= 0.3 is 6.16 Å². The lowest BCUT2D eigenvalue weighted by Gasteiger charge is -2.07. The highest BCUT2D eigenvalue weighted by molar-refractivity contribution is 7.21. The van der Waals surface area contributed by atoms with Crippen molar-refractivity contribution in [3.05, 3.63) is 36.4 Å². The molecule has 2 N–H and O–H groups in total. The molecule has 112 valence electrons. The number of carboxylic acid groups (broad SMARTS) is 1. The van der Waals surface area contributed by atoms with Crippen molar-refractivity contribution >= 4 is 27.7 Å². The van der Waals surface area contributed by atoms with E-state index in [4.69, 9.17) is 9.84 Å². The van der Waals surface area contributed by atoms with E-state index in [1.54, 1.807) is 30.3 Å². The normalized spacial score (nSPS) is 10.6. The Bertz CT molecular complexity index is 858. The molecule has 0 spiro atoms.